The van der Waals surface area contributed by atoms with E-state index in [4.69, 9.17) is 33.2 Å². The predicted molar refractivity (Wildman–Crippen MR) is 189 cm³/mol. The average Bonchev–Trinajstić information content (AvgIpc) is 3.76. The quantitative estimate of drug-likeness (QED) is 0.308. The summed E-state index contributed by atoms with van der Waals surface area (Å²) < 4.78 is 44.3. The molecule has 298 valence electrons. The van der Waals surface area contributed by atoms with E-state index in [0.717, 1.165) is 30.4 Å². The Morgan fingerprint density at radius 1 is 0.736 bits per heavy atom. The molecule has 7 fully saturated rings. The molecule has 0 aliphatic carbocycles. The predicted octanol–water partition coefficient (Wildman–Crippen LogP) is 2.27. The summed E-state index contributed by atoms with van der Waals surface area (Å²) in [5.41, 5.74) is 2.00. The molecule has 0 aromatic carbocycles. The van der Waals surface area contributed by atoms with Gasteiger partial charge in [-0.1, -0.05) is 20.1 Å². The second-order valence-electron chi connectivity index (χ2n) is 16.8. The average molecular weight is 749 g/mol. The van der Waals surface area contributed by atoms with Crippen LogP contribution in [0.2, 0.25) is 0 Å². The Labute approximate surface area is 312 Å². The van der Waals surface area contributed by atoms with Gasteiger partial charge in [0.15, 0.2) is 0 Å². The Hall–Kier alpha value is -1.62. The number of rotatable bonds is 4. The minimum atomic E-state index is -1.10. The van der Waals surface area contributed by atoms with E-state index in [0.29, 0.717) is 32.1 Å². The Morgan fingerprint density at radius 2 is 1.45 bits per heavy atom. The molecule has 0 saturated carbocycles. The molecule has 0 amide bonds. The van der Waals surface area contributed by atoms with Crippen LogP contribution < -0.4 is 0 Å². The molecule has 0 aromatic rings. The molecule has 7 aliphatic rings. The van der Waals surface area contributed by atoms with Crippen molar-refractivity contribution in [3.63, 3.8) is 0 Å². The van der Waals surface area contributed by atoms with Gasteiger partial charge in [-0.3, -0.25) is 9.59 Å². The van der Waals surface area contributed by atoms with Gasteiger partial charge in [0.25, 0.3) is 0 Å². The smallest absolute Gasteiger partial charge is 0.135 e. The summed E-state index contributed by atoms with van der Waals surface area (Å²) in [4.78, 5) is 27.0. The lowest BCUT2D eigenvalue weighted by molar-refractivity contribution is -0.259. The standard InChI is InChI=1S/C40H60O13/c1-19-11-26-7-9-29-20(2)12-25(48-29)6-5-22(42)15-33-35(45)39-40(53-33)36(46)38-30(52-39)10-8-27(50-38)13-23(43)14-28-32(17-31(49-26)21(19)3)51-34(37(28)47-4)16-24(44)18-41/h19,24-41,44-46H,2-3,5-18H2,1,4H3/t19?,24?,25?,26?,27?,28?,29-,30?,31?,32-,33?,34+,35?,36?,37+,38-,39-,40?/m0/s1. The van der Waals surface area contributed by atoms with Crippen LogP contribution in [0.4, 0.5) is 0 Å². The summed E-state index contributed by atoms with van der Waals surface area (Å²) in [5, 5.41) is 42.6. The van der Waals surface area contributed by atoms with E-state index < -0.39 is 79.9 Å². The van der Waals surface area contributed by atoms with Crippen molar-refractivity contribution in [2.75, 3.05) is 13.7 Å². The zero-order chi connectivity index (χ0) is 37.6. The summed E-state index contributed by atoms with van der Waals surface area (Å²) in [5.74, 6) is -0.221. The fraction of sp³-hybridized carbons (Fsp3) is 0.850. The molecule has 18 atom stereocenters. The van der Waals surface area contributed by atoms with Crippen molar-refractivity contribution < 1.29 is 63.2 Å². The summed E-state index contributed by atoms with van der Waals surface area (Å²) in [6.45, 7) is 10.4. The monoisotopic (exact) mass is 748 g/mol. The number of hydrogen-bond acceptors (Lipinski definition) is 13. The fourth-order valence-corrected chi connectivity index (χ4v) is 10.1. The van der Waals surface area contributed by atoms with Gasteiger partial charge in [-0.05, 0) is 62.0 Å². The maximum absolute atomic E-state index is 13.9. The van der Waals surface area contributed by atoms with Crippen LogP contribution in [-0.2, 0) is 42.7 Å². The van der Waals surface area contributed by atoms with E-state index in [1.165, 1.54) is 0 Å². The van der Waals surface area contributed by atoms with Gasteiger partial charge in [0, 0.05) is 51.6 Å². The van der Waals surface area contributed by atoms with Crippen LogP contribution >= 0.6 is 0 Å². The van der Waals surface area contributed by atoms with Crippen LogP contribution in [0.5, 0.6) is 0 Å². The third-order valence-electron chi connectivity index (χ3n) is 13.1. The number of methoxy groups -OCH3 is 1. The van der Waals surface area contributed by atoms with Crippen molar-refractivity contribution in [3.8, 4) is 0 Å². The Balaban J connectivity index is 1.11. The lowest BCUT2D eigenvalue weighted by Gasteiger charge is -2.46. The molecule has 0 spiro atoms. The van der Waals surface area contributed by atoms with Crippen molar-refractivity contribution in [2.45, 2.75) is 188 Å². The molecule has 7 rings (SSSR count). The van der Waals surface area contributed by atoms with Gasteiger partial charge in [-0.25, -0.2) is 0 Å². The lowest BCUT2D eigenvalue weighted by Crippen LogP contribution is -2.61. The minimum Gasteiger partial charge on any atom is -0.394 e. The van der Waals surface area contributed by atoms with Crippen molar-refractivity contribution in [1.82, 2.24) is 0 Å². The molecule has 7 saturated heterocycles. The number of carbonyl (C=O) groups is 2. The van der Waals surface area contributed by atoms with Gasteiger partial charge >= 0.3 is 0 Å². The van der Waals surface area contributed by atoms with Crippen LogP contribution in [0.25, 0.3) is 0 Å². The van der Waals surface area contributed by atoms with E-state index in [1.54, 1.807) is 7.11 Å². The summed E-state index contributed by atoms with van der Waals surface area (Å²) in [6.07, 6.45) is -3.55. The van der Waals surface area contributed by atoms with Crippen molar-refractivity contribution >= 4 is 11.6 Å². The third-order valence-corrected chi connectivity index (χ3v) is 13.1. The maximum Gasteiger partial charge on any atom is 0.135 e. The molecule has 13 nitrogen and oxygen atoms in total. The molecule has 12 unspecified atom stereocenters. The number of Topliss-reactive ketones (excluding diaryl/α,β-unsaturated/α-hetero) is 2. The van der Waals surface area contributed by atoms with Gasteiger partial charge in [-0.2, -0.15) is 0 Å². The first-order valence-corrected chi connectivity index (χ1v) is 19.9. The van der Waals surface area contributed by atoms with Gasteiger partial charge in [0.1, 0.15) is 42.1 Å². The minimum absolute atomic E-state index is 0.00643. The van der Waals surface area contributed by atoms with Crippen LogP contribution in [0, 0.1) is 11.8 Å². The van der Waals surface area contributed by atoms with E-state index in [9.17, 15) is 30.0 Å². The molecule has 53 heavy (non-hydrogen) atoms. The van der Waals surface area contributed by atoms with Gasteiger partial charge < -0.3 is 53.6 Å². The SMILES string of the molecule is C=C1C(C)CC2CC[C@@H]3OC(CCC(=O)CC4OC5C(O)[C@H]6OC(CCC6O[C@H]5C4O)CC(=O)CC4[C@H](CC1O2)O[C@H](CC(O)CO)[C@@H]4OC)CC3=C. The van der Waals surface area contributed by atoms with Crippen molar-refractivity contribution in [1.29, 1.82) is 0 Å². The highest BCUT2D eigenvalue weighted by molar-refractivity contribution is 5.79. The molecular formula is C40H60O13. The summed E-state index contributed by atoms with van der Waals surface area (Å²) in [7, 11) is 1.58. The van der Waals surface area contributed by atoms with Crippen LogP contribution in [0.1, 0.15) is 90.4 Å². The first kappa shape index (κ1) is 39.6. The Kier molecular flexibility index (Phi) is 12.6. The first-order chi connectivity index (χ1) is 25.4. The maximum atomic E-state index is 13.9. The molecular weight excluding hydrogens is 688 g/mol. The molecule has 0 radical (unpaired) electrons. The highest BCUT2D eigenvalue weighted by atomic mass is 16.6. The summed E-state index contributed by atoms with van der Waals surface area (Å²) in [6, 6.07) is 0. The van der Waals surface area contributed by atoms with Crippen LogP contribution in [0.15, 0.2) is 24.3 Å². The van der Waals surface area contributed by atoms with Crippen molar-refractivity contribution in [2.24, 2.45) is 11.8 Å². The number of fused-ring (bicyclic) bond motifs is 7. The Morgan fingerprint density at radius 3 is 2.23 bits per heavy atom. The van der Waals surface area contributed by atoms with Gasteiger partial charge in [-0.15, -0.1) is 0 Å². The van der Waals surface area contributed by atoms with E-state index in [2.05, 4.69) is 20.1 Å². The van der Waals surface area contributed by atoms with Gasteiger partial charge in [0.05, 0.1) is 73.8 Å². The largest absolute Gasteiger partial charge is 0.394 e. The highest BCUT2D eigenvalue weighted by Crippen LogP contribution is 2.43. The zero-order valence-electron chi connectivity index (χ0n) is 31.2. The Bertz CT molecular complexity index is 1340. The normalized spacial score (nSPS) is 47.7. The molecule has 0 aromatic heterocycles. The van der Waals surface area contributed by atoms with Crippen molar-refractivity contribution in [3.05, 3.63) is 24.3 Å². The third kappa shape index (κ3) is 8.56. The number of ketones is 2. The number of aliphatic hydroxyl groups is 4. The fourth-order valence-electron chi connectivity index (χ4n) is 10.1. The lowest BCUT2D eigenvalue weighted by atomic mass is 9.81. The number of aliphatic hydroxyl groups excluding tert-OH is 4. The molecule has 7 heterocycles. The van der Waals surface area contributed by atoms with E-state index >= 15 is 0 Å². The van der Waals surface area contributed by atoms with E-state index in [-0.39, 0.29) is 79.9 Å². The second-order valence-corrected chi connectivity index (χ2v) is 16.8. The van der Waals surface area contributed by atoms with Crippen LogP contribution in [-0.4, -0.2) is 143 Å². The van der Waals surface area contributed by atoms with E-state index in [1.807, 2.05) is 0 Å². The topological polar surface area (TPSA) is 180 Å². The highest BCUT2D eigenvalue weighted by Gasteiger charge is 2.57. The molecule has 13 heteroatoms. The summed E-state index contributed by atoms with van der Waals surface area (Å²) >= 11 is 0. The first-order valence-electron chi connectivity index (χ1n) is 19.9. The number of ether oxygens (including phenoxy) is 7. The van der Waals surface area contributed by atoms with Crippen LogP contribution in [0.3, 0.4) is 0 Å². The van der Waals surface area contributed by atoms with Gasteiger partial charge in [0.2, 0.25) is 0 Å². The second kappa shape index (κ2) is 16.9. The number of hydrogen-bond donors (Lipinski definition) is 4. The molecule has 4 N–H and O–H groups in total. The molecule has 7 aliphatic heterocycles. The zero-order valence-corrected chi connectivity index (χ0v) is 31.2. The molecule has 8 bridgehead atoms. The number of carbonyl (C=O) groups excluding carboxylic acids is 2.